The Morgan fingerprint density at radius 3 is 2.18 bits per heavy atom. The first kappa shape index (κ1) is 9.74. The zero-order valence-electron chi connectivity index (χ0n) is 5.95. The van der Waals surface area contributed by atoms with Crippen LogP contribution in [0.25, 0.3) is 0 Å². The minimum Gasteiger partial charge on any atom is -0.481 e. The molecule has 0 rings (SSSR count). The first-order valence-corrected chi connectivity index (χ1v) is 3.25. The van der Waals surface area contributed by atoms with E-state index in [1.54, 1.807) is 0 Å². The van der Waals surface area contributed by atoms with Gasteiger partial charge in [0.05, 0.1) is 0 Å². The van der Waals surface area contributed by atoms with Gasteiger partial charge in [0.1, 0.15) is 0 Å². The van der Waals surface area contributed by atoms with Gasteiger partial charge in [-0.1, -0.05) is 0 Å². The Morgan fingerprint density at radius 1 is 1.18 bits per heavy atom. The van der Waals surface area contributed by atoms with E-state index in [0.717, 1.165) is 0 Å². The largest absolute Gasteiger partial charge is 0.481 e. The maximum Gasteiger partial charge on any atom is 0.303 e. The van der Waals surface area contributed by atoms with Crippen LogP contribution in [0.15, 0.2) is 5.18 Å². The highest BCUT2D eigenvalue weighted by Gasteiger charge is 2.01. The van der Waals surface area contributed by atoms with Gasteiger partial charge in [0.15, 0.2) is 0 Å². The van der Waals surface area contributed by atoms with Gasteiger partial charge in [0.2, 0.25) is 0 Å². The summed E-state index contributed by atoms with van der Waals surface area (Å²) in [7, 11) is 0. The summed E-state index contributed by atoms with van der Waals surface area (Å²) < 4.78 is 0. The Hall–Kier alpha value is -1.26. The van der Waals surface area contributed by atoms with Crippen molar-refractivity contribution in [3.63, 3.8) is 0 Å². The summed E-state index contributed by atoms with van der Waals surface area (Å²) in [5.41, 5.74) is 0. The Kier molecular flexibility index (Phi) is 4.89. The summed E-state index contributed by atoms with van der Waals surface area (Å²) in [5, 5.41) is 10.3. The Labute approximate surface area is 63.4 Å². The second-order valence-corrected chi connectivity index (χ2v) is 2.09. The van der Waals surface area contributed by atoms with Crippen LogP contribution in [0.5, 0.6) is 0 Å². The molecule has 0 aromatic carbocycles. The van der Waals surface area contributed by atoms with Crippen molar-refractivity contribution in [2.24, 2.45) is 5.18 Å². The third-order valence-corrected chi connectivity index (χ3v) is 1.13. The zero-order chi connectivity index (χ0) is 8.69. The molecule has 11 heavy (non-hydrogen) atoms. The number of hydrogen-bond donors (Lipinski definition) is 1. The number of unbranched alkanes of at least 4 members (excludes halogenated alkanes) is 1. The molecular weight excluding hydrogens is 150 g/mol. The van der Waals surface area contributed by atoms with Crippen LogP contribution in [0.1, 0.15) is 25.7 Å². The first-order valence-electron chi connectivity index (χ1n) is 3.25. The number of aliphatic carboxylic acids is 1. The van der Waals surface area contributed by atoms with Crippen molar-refractivity contribution in [3.8, 4) is 0 Å². The molecule has 0 bridgehead atoms. The van der Waals surface area contributed by atoms with Crippen molar-refractivity contribution in [2.75, 3.05) is 0 Å². The predicted molar refractivity (Wildman–Crippen MR) is 36.9 cm³/mol. The standard InChI is InChI=1S/C6H9NO4/c8-5(7-11)3-1-2-4-6(9)10/h1-4H2,(H,9,10). The molecule has 0 aliphatic carbocycles. The lowest BCUT2D eigenvalue weighted by atomic mass is 10.2. The van der Waals surface area contributed by atoms with Gasteiger partial charge in [0.25, 0.3) is 5.91 Å². The molecule has 62 valence electrons. The Morgan fingerprint density at radius 2 is 1.73 bits per heavy atom. The highest BCUT2D eigenvalue weighted by Crippen LogP contribution is 2.00. The van der Waals surface area contributed by atoms with Crippen LogP contribution >= 0.6 is 0 Å². The quantitative estimate of drug-likeness (QED) is 0.477. The number of rotatable bonds is 5. The van der Waals surface area contributed by atoms with Crippen molar-refractivity contribution < 1.29 is 14.7 Å². The van der Waals surface area contributed by atoms with Crippen LogP contribution in [-0.2, 0) is 9.59 Å². The van der Waals surface area contributed by atoms with E-state index in [1.807, 2.05) is 0 Å². The van der Waals surface area contributed by atoms with E-state index in [1.165, 1.54) is 0 Å². The summed E-state index contributed by atoms with van der Waals surface area (Å²) in [6, 6.07) is 0. The maximum absolute atomic E-state index is 10.2. The van der Waals surface area contributed by atoms with E-state index in [2.05, 4.69) is 5.18 Å². The molecule has 0 saturated heterocycles. The molecule has 0 aliphatic heterocycles. The van der Waals surface area contributed by atoms with E-state index < -0.39 is 11.9 Å². The normalized spacial score (nSPS) is 9.09. The van der Waals surface area contributed by atoms with Crippen LogP contribution in [-0.4, -0.2) is 17.0 Å². The van der Waals surface area contributed by atoms with Crippen molar-refractivity contribution in [1.82, 2.24) is 0 Å². The molecule has 0 saturated carbocycles. The fraction of sp³-hybridized carbons (Fsp3) is 0.667. The molecule has 0 aromatic heterocycles. The number of carboxylic acid groups (broad SMARTS) is 1. The number of carbonyl (C=O) groups excluding carboxylic acids is 1. The van der Waals surface area contributed by atoms with Crippen LogP contribution in [0.2, 0.25) is 0 Å². The third-order valence-electron chi connectivity index (χ3n) is 1.13. The van der Waals surface area contributed by atoms with Gasteiger partial charge < -0.3 is 5.11 Å². The highest BCUT2D eigenvalue weighted by atomic mass is 16.4. The fourth-order valence-corrected chi connectivity index (χ4v) is 0.598. The average Bonchev–Trinajstić information content (AvgIpc) is 1.97. The summed E-state index contributed by atoms with van der Waals surface area (Å²) in [4.78, 5) is 29.7. The maximum atomic E-state index is 10.2. The Bertz CT molecular complexity index is 166. The lowest BCUT2D eigenvalue weighted by Crippen LogP contribution is -1.96. The summed E-state index contributed by atoms with van der Waals surface area (Å²) in [6.45, 7) is 0. The molecule has 0 heterocycles. The SMILES string of the molecule is O=NC(=O)CCCCC(=O)O. The van der Waals surface area contributed by atoms with Crippen LogP contribution in [0, 0.1) is 4.91 Å². The number of nitrogens with zero attached hydrogens (tertiary/aromatic N) is 1. The fourth-order valence-electron chi connectivity index (χ4n) is 0.598. The summed E-state index contributed by atoms with van der Waals surface area (Å²) in [6.07, 6.45) is 0.913. The van der Waals surface area contributed by atoms with Gasteiger partial charge in [-0.25, -0.2) is 0 Å². The molecule has 0 fully saturated rings. The molecule has 0 radical (unpaired) electrons. The van der Waals surface area contributed by atoms with Crippen LogP contribution in [0.4, 0.5) is 0 Å². The summed E-state index contributed by atoms with van der Waals surface area (Å²) in [5.74, 6) is -1.60. The molecule has 0 spiro atoms. The van der Waals surface area contributed by atoms with E-state index in [0.29, 0.717) is 12.8 Å². The van der Waals surface area contributed by atoms with Gasteiger partial charge >= 0.3 is 5.97 Å². The molecule has 0 aromatic rings. The minimum atomic E-state index is -0.892. The second-order valence-electron chi connectivity index (χ2n) is 2.09. The van der Waals surface area contributed by atoms with Gasteiger partial charge in [-0.2, -0.15) is 0 Å². The number of carbonyl (C=O) groups is 2. The smallest absolute Gasteiger partial charge is 0.303 e. The monoisotopic (exact) mass is 159 g/mol. The van der Waals surface area contributed by atoms with Gasteiger partial charge in [-0.3, -0.25) is 9.59 Å². The highest BCUT2D eigenvalue weighted by molar-refractivity contribution is 5.76. The first-order chi connectivity index (χ1) is 5.16. The molecule has 5 nitrogen and oxygen atoms in total. The van der Waals surface area contributed by atoms with E-state index in [4.69, 9.17) is 5.11 Å². The predicted octanol–water partition coefficient (Wildman–Crippen LogP) is 0.924. The minimum absolute atomic E-state index is 0.0339. The molecule has 1 N–H and O–H groups in total. The number of amides is 1. The zero-order valence-corrected chi connectivity index (χ0v) is 5.95. The van der Waals surface area contributed by atoms with E-state index >= 15 is 0 Å². The lowest BCUT2D eigenvalue weighted by Gasteiger charge is -1.91. The molecule has 1 amide bonds. The summed E-state index contributed by atoms with van der Waals surface area (Å²) >= 11 is 0. The Balaban J connectivity index is 3.21. The third kappa shape index (κ3) is 6.63. The van der Waals surface area contributed by atoms with Crippen molar-refractivity contribution >= 4 is 11.9 Å². The van der Waals surface area contributed by atoms with E-state index in [9.17, 15) is 14.5 Å². The molecule has 0 aliphatic rings. The number of carboxylic acids is 1. The van der Waals surface area contributed by atoms with Gasteiger partial charge in [-0.05, 0) is 12.8 Å². The molecule has 0 atom stereocenters. The van der Waals surface area contributed by atoms with Crippen molar-refractivity contribution in [1.29, 1.82) is 0 Å². The molecule has 5 heteroatoms. The van der Waals surface area contributed by atoms with Crippen LogP contribution < -0.4 is 0 Å². The average molecular weight is 159 g/mol. The topological polar surface area (TPSA) is 83.8 Å². The van der Waals surface area contributed by atoms with Crippen molar-refractivity contribution in [2.45, 2.75) is 25.7 Å². The van der Waals surface area contributed by atoms with Crippen LogP contribution in [0.3, 0.4) is 0 Å². The molecular formula is C6H9NO4. The number of hydrogen-bond acceptors (Lipinski definition) is 3. The number of nitroso groups, excluding NO2 is 1. The second kappa shape index (κ2) is 5.52. The van der Waals surface area contributed by atoms with E-state index in [-0.39, 0.29) is 12.8 Å². The van der Waals surface area contributed by atoms with Gasteiger partial charge in [0, 0.05) is 18.0 Å². The van der Waals surface area contributed by atoms with Gasteiger partial charge in [-0.15, -0.1) is 4.91 Å². The van der Waals surface area contributed by atoms with Crippen molar-refractivity contribution in [3.05, 3.63) is 4.91 Å². The lowest BCUT2D eigenvalue weighted by molar-refractivity contribution is -0.137. The molecule has 0 unspecified atom stereocenters.